The van der Waals surface area contributed by atoms with E-state index < -0.39 is 10.8 Å². The van der Waals surface area contributed by atoms with E-state index in [0.29, 0.717) is 23.5 Å². The largest absolute Gasteiger partial charge is 0.484 e. The van der Waals surface area contributed by atoms with Crippen LogP contribution in [0.3, 0.4) is 0 Å². The molecule has 10 nitrogen and oxygen atoms in total. The Morgan fingerprint density at radius 1 is 0.903 bits per heavy atom. The van der Waals surface area contributed by atoms with Crippen molar-refractivity contribution in [2.45, 2.75) is 13.3 Å². The van der Waals surface area contributed by atoms with Crippen LogP contribution < -0.4 is 26.0 Å². The molecule has 2 aromatic carbocycles. The molecule has 0 fully saturated rings. The van der Waals surface area contributed by atoms with Gasteiger partial charge in [-0.15, -0.1) is 0 Å². The summed E-state index contributed by atoms with van der Waals surface area (Å²) in [6.45, 7) is 1.41. The van der Waals surface area contributed by atoms with Crippen molar-refractivity contribution in [2.75, 3.05) is 17.2 Å². The lowest BCUT2D eigenvalue weighted by Crippen LogP contribution is -2.37. The Hall–Kier alpha value is -3.64. The van der Waals surface area contributed by atoms with Crippen LogP contribution in [0.1, 0.15) is 13.3 Å². The molecule has 0 aliphatic carbocycles. The third kappa shape index (κ3) is 8.32. The number of non-ortho nitro benzene ring substituents is 1. The van der Waals surface area contributed by atoms with Gasteiger partial charge in [-0.2, -0.15) is 0 Å². The van der Waals surface area contributed by atoms with E-state index in [0.717, 1.165) is 0 Å². The second kappa shape index (κ2) is 11.5. The quantitative estimate of drug-likeness (QED) is 0.279. The Kier molecular flexibility index (Phi) is 8.78. The number of benzene rings is 2. The number of amides is 2. The van der Waals surface area contributed by atoms with Gasteiger partial charge >= 0.3 is 0 Å². The number of hydrogen-bond donors (Lipinski definition) is 4. The number of nitrogens with one attached hydrogen (secondary N) is 4. The molecule has 0 unspecified atom stereocenters. The zero-order valence-electron chi connectivity index (χ0n) is 16.3. The van der Waals surface area contributed by atoms with E-state index >= 15 is 0 Å². The summed E-state index contributed by atoms with van der Waals surface area (Å²) in [4.78, 5) is 33.4. The Bertz CT molecular complexity index is 980. The molecule has 4 N–H and O–H groups in total. The number of thiocarbonyl (C=S) groups is 2. The van der Waals surface area contributed by atoms with Crippen LogP contribution in [-0.2, 0) is 9.59 Å². The van der Waals surface area contributed by atoms with Gasteiger partial charge in [-0.25, -0.2) is 0 Å². The van der Waals surface area contributed by atoms with Crippen LogP contribution in [-0.4, -0.2) is 33.6 Å². The van der Waals surface area contributed by atoms with Gasteiger partial charge in [0.05, 0.1) is 4.92 Å². The fourth-order valence-electron chi connectivity index (χ4n) is 2.15. The molecule has 0 saturated carbocycles. The van der Waals surface area contributed by atoms with Crippen LogP contribution >= 0.6 is 24.4 Å². The lowest BCUT2D eigenvalue weighted by molar-refractivity contribution is -0.384. The van der Waals surface area contributed by atoms with Crippen molar-refractivity contribution in [1.29, 1.82) is 0 Å². The lowest BCUT2D eigenvalue weighted by atomic mass is 10.3. The van der Waals surface area contributed by atoms with Crippen molar-refractivity contribution < 1.29 is 19.2 Å². The maximum absolute atomic E-state index is 11.9. The van der Waals surface area contributed by atoms with Gasteiger partial charge in [0, 0.05) is 29.9 Å². The third-order valence-corrected chi connectivity index (χ3v) is 4.05. The lowest BCUT2D eigenvalue weighted by Gasteiger charge is -2.12. The maximum Gasteiger partial charge on any atom is 0.269 e. The summed E-state index contributed by atoms with van der Waals surface area (Å²) in [5.41, 5.74) is 1.21. The van der Waals surface area contributed by atoms with E-state index in [2.05, 4.69) is 21.3 Å². The topological polar surface area (TPSA) is 135 Å². The predicted octanol–water partition coefficient (Wildman–Crippen LogP) is 2.71. The minimum Gasteiger partial charge on any atom is -0.484 e. The number of nitro benzene ring substituents is 1. The summed E-state index contributed by atoms with van der Waals surface area (Å²) in [6, 6.07) is 12.2. The van der Waals surface area contributed by atoms with Crippen molar-refractivity contribution in [3.63, 3.8) is 0 Å². The van der Waals surface area contributed by atoms with Gasteiger partial charge in [-0.05, 0) is 60.8 Å². The second-order valence-electron chi connectivity index (χ2n) is 5.98. The van der Waals surface area contributed by atoms with E-state index in [-0.39, 0.29) is 28.4 Å². The third-order valence-electron chi connectivity index (χ3n) is 3.65. The zero-order valence-corrected chi connectivity index (χ0v) is 18.0. The first kappa shape index (κ1) is 23.6. The number of hydrogen-bond acceptors (Lipinski definition) is 7. The molecule has 0 radical (unpaired) electrons. The molecule has 2 rings (SSSR count). The van der Waals surface area contributed by atoms with Gasteiger partial charge < -0.3 is 20.7 Å². The first-order valence-electron chi connectivity index (χ1n) is 8.95. The van der Waals surface area contributed by atoms with Gasteiger partial charge in [0.25, 0.3) is 11.6 Å². The number of nitro groups is 1. The zero-order chi connectivity index (χ0) is 22.8. The van der Waals surface area contributed by atoms with Crippen molar-refractivity contribution in [2.24, 2.45) is 0 Å². The number of carbonyl (C=O) groups is 2. The Morgan fingerprint density at radius 2 is 1.39 bits per heavy atom. The van der Waals surface area contributed by atoms with Gasteiger partial charge in [0.2, 0.25) is 5.91 Å². The molecule has 0 atom stereocenters. The fourth-order valence-corrected chi connectivity index (χ4v) is 2.62. The van der Waals surface area contributed by atoms with Gasteiger partial charge in [-0.3, -0.25) is 25.0 Å². The summed E-state index contributed by atoms with van der Waals surface area (Å²) in [5, 5.41) is 21.6. The second-order valence-corrected chi connectivity index (χ2v) is 6.79. The van der Waals surface area contributed by atoms with E-state index in [4.69, 9.17) is 29.2 Å². The average molecular weight is 462 g/mol. The Morgan fingerprint density at radius 3 is 1.84 bits per heavy atom. The van der Waals surface area contributed by atoms with Crippen molar-refractivity contribution >= 4 is 63.5 Å². The SMILES string of the molecule is CCC(=O)NC(=S)Nc1ccc(NC(=S)NC(=O)COc2ccc([N+](=O)[O-])cc2)cc1. The van der Waals surface area contributed by atoms with E-state index in [1.54, 1.807) is 31.2 Å². The molecule has 12 heteroatoms. The highest BCUT2D eigenvalue weighted by atomic mass is 32.1. The molecule has 0 aromatic heterocycles. The molecule has 0 bridgehead atoms. The standard InChI is InChI=1S/C19H19N5O5S2/c1-2-16(25)22-18(30)20-12-3-5-13(6-4-12)21-19(31)23-17(26)11-29-15-9-7-14(8-10-15)24(27)28/h3-10H,2,11H2,1H3,(H2,20,22,25,30)(H2,21,23,26,31). The summed E-state index contributed by atoms with van der Waals surface area (Å²) in [5.74, 6) is -0.364. The molecule has 0 spiro atoms. The maximum atomic E-state index is 11.9. The van der Waals surface area contributed by atoms with E-state index in [1.165, 1.54) is 24.3 Å². The van der Waals surface area contributed by atoms with Gasteiger partial charge in [-0.1, -0.05) is 6.92 Å². The number of rotatable bonds is 7. The average Bonchev–Trinajstić information content (AvgIpc) is 2.73. The predicted molar refractivity (Wildman–Crippen MR) is 124 cm³/mol. The van der Waals surface area contributed by atoms with Crippen molar-refractivity contribution in [3.8, 4) is 5.75 Å². The first-order chi connectivity index (χ1) is 14.8. The number of nitrogens with zero attached hydrogens (tertiary/aromatic N) is 1. The number of carbonyl (C=O) groups excluding carboxylic acids is 2. The molecule has 0 aliphatic heterocycles. The highest BCUT2D eigenvalue weighted by Gasteiger charge is 2.09. The molecule has 2 aromatic rings. The van der Waals surface area contributed by atoms with Gasteiger partial charge in [0.15, 0.2) is 16.8 Å². The number of anilines is 2. The van der Waals surface area contributed by atoms with Crippen LogP contribution in [0, 0.1) is 10.1 Å². The van der Waals surface area contributed by atoms with Crippen LogP contribution in [0.25, 0.3) is 0 Å². The van der Waals surface area contributed by atoms with E-state index in [1.807, 2.05) is 0 Å². The molecule has 0 saturated heterocycles. The molecule has 0 aliphatic rings. The molecule has 31 heavy (non-hydrogen) atoms. The van der Waals surface area contributed by atoms with Gasteiger partial charge in [0.1, 0.15) is 5.75 Å². The smallest absolute Gasteiger partial charge is 0.269 e. The number of ether oxygens (including phenoxy) is 1. The molecule has 2 amide bonds. The monoisotopic (exact) mass is 461 g/mol. The van der Waals surface area contributed by atoms with Crippen LogP contribution in [0.5, 0.6) is 5.75 Å². The van der Waals surface area contributed by atoms with Crippen LogP contribution in [0.4, 0.5) is 17.1 Å². The molecule has 0 heterocycles. The van der Waals surface area contributed by atoms with Crippen molar-refractivity contribution in [3.05, 3.63) is 58.6 Å². The summed E-state index contributed by atoms with van der Waals surface area (Å²) >= 11 is 10.1. The minimum atomic E-state index is -0.526. The molecular weight excluding hydrogens is 442 g/mol. The molecular formula is C19H19N5O5S2. The molecule has 162 valence electrons. The van der Waals surface area contributed by atoms with Crippen LogP contribution in [0.15, 0.2) is 48.5 Å². The fraction of sp³-hybridized carbons (Fsp3) is 0.158. The van der Waals surface area contributed by atoms with Crippen molar-refractivity contribution in [1.82, 2.24) is 10.6 Å². The van der Waals surface area contributed by atoms with Crippen LogP contribution in [0.2, 0.25) is 0 Å². The minimum absolute atomic E-state index is 0.0729. The highest BCUT2D eigenvalue weighted by molar-refractivity contribution is 7.80. The normalized spacial score (nSPS) is 9.84. The Balaban J connectivity index is 1.77. The summed E-state index contributed by atoms with van der Waals surface area (Å²) in [6.07, 6.45) is 0.326. The Labute approximate surface area is 188 Å². The first-order valence-corrected chi connectivity index (χ1v) is 9.77. The highest BCUT2D eigenvalue weighted by Crippen LogP contribution is 2.17. The summed E-state index contributed by atoms with van der Waals surface area (Å²) in [7, 11) is 0. The summed E-state index contributed by atoms with van der Waals surface area (Å²) < 4.78 is 5.27. The van der Waals surface area contributed by atoms with E-state index in [9.17, 15) is 19.7 Å².